The van der Waals surface area contributed by atoms with Crippen LogP contribution in [0.5, 0.6) is 0 Å². The number of anilines is 1. The number of benzene rings is 1. The van der Waals surface area contributed by atoms with Gasteiger partial charge in [-0.1, -0.05) is 11.6 Å². The summed E-state index contributed by atoms with van der Waals surface area (Å²) < 4.78 is 10.4. The second-order valence-electron chi connectivity index (χ2n) is 4.71. The third-order valence-corrected chi connectivity index (χ3v) is 3.56. The average molecular weight is 284 g/mol. The summed E-state index contributed by atoms with van der Waals surface area (Å²) in [5, 5.41) is 3.65. The van der Waals surface area contributed by atoms with Gasteiger partial charge in [0.05, 0.1) is 29.9 Å². The summed E-state index contributed by atoms with van der Waals surface area (Å²) in [6.07, 6.45) is 2.72. The molecule has 1 fully saturated rings. The maximum atomic E-state index is 11.5. The number of methoxy groups -OCH3 is 1. The maximum Gasteiger partial charge on any atom is 0.339 e. The van der Waals surface area contributed by atoms with Crippen molar-refractivity contribution < 1.29 is 14.3 Å². The summed E-state index contributed by atoms with van der Waals surface area (Å²) in [5.74, 6) is -0.431. The highest BCUT2D eigenvalue weighted by Crippen LogP contribution is 2.23. The van der Waals surface area contributed by atoms with Crippen molar-refractivity contribution in [3.8, 4) is 0 Å². The zero-order chi connectivity index (χ0) is 13.8. The Bertz CT molecular complexity index is 464. The van der Waals surface area contributed by atoms with Gasteiger partial charge in [0, 0.05) is 12.2 Å². The predicted octanol–water partition coefficient (Wildman–Crippen LogP) is 3.11. The molecular weight excluding hydrogens is 266 g/mol. The van der Waals surface area contributed by atoms with Crippen molar-refractivity contribution in [2.75, 3.05) is 19.0 Å². The van der Waals surface area contributed by atoms with E-state index in [1.54, 1.807) is 12.1 Å². The molecular formula is C14H18ClNO3. The highest BCUT2D eigenvalue weighted by molar-refractivity contribution is 6.33. The average Bonchev–Trinajstić information content (AvgIpc) is 2.83. The molecule has 4 nitrogen and oxygen atoms in total. The van der Waals surface area contributed by atoms with Crippen LogP contribution >= 0.6 is 11.6 Å². The van der Waals surface area contributed by atoms with Gasteiger partial charge in [0.2, 0.25) is 0 Å². The number of rotatable bonds is 4. The summed E-state index contributed by atoms with van der Waals surface area (Å²) in [4.78, 5) is 11.5. The SMILES string of the molecule is COC(=O)c1cc(NCC2CCC(C)O2)ccc1Cl. The monoisotopic (exact) mass is 283 g/mol. The molecule has 1 aromatic rings. The van der Waals surface area contributed by atoms with Gasteiger partial charge in [0.1, 0.15) is 0 Å². The van der Waals surface area contributed by atoms with Crippen LogP contribution in [0.25, 0.3) is 0 Å². The van der Waals surface area contributed by atoms with Crippen LogP contribution in [0.2, 0.25) is 5.02 Å². The molecule has 2 rings (SSSR count). The molecule has 5 heteroatoms. The number of carbonyl (C=O) groups is 1. The number of ether oxygens (including phenoxy) is 2. The highest BCUT2D eigenvalue weighted by atomic mass is 35.5. The molecule has 0 saturated carbocycles. The second kappa shape index (κ2) is 6.26. The van der Waals surface area contributed by atoms with Crippen molar-refractivity contribution >= 4 is 23.3 Å². The highest BCUT2D eigenvalue weighted by Gasteiger charge is 2.21. The first-order chi connectivity index (χ1) is 9.10. The lowest BCUT2D eigenvalue weighted by Gasteiger charge is -2.14. The Hall–Kier alpha value is -1.26. The quantitative estimate of drug-likeness (QED) is 0.863. The van der Waals surface area contributed by atoms with Gasteiger partial charge in [-0.15, -0.1) is 0 Å². The van der Waals surface area contributed by atoms with Crippen LogP contribution in [0.1, 0.15) is 30.1 Å². The lowest BCUT2D eigenvalue weighted by molar-refractivity contribution is 0.0601. The molecule has 0 spiro atoms. The molecule has 0 bridgehead atoms. The minimum atomic E-state index is -0.431. The Balaban J connectivity index is 1.99. The fourth-order valence-corrected chi connectivity index (χ4v) is 2.36. The number of nitrogens with one attached hydrogen (secondary N) is 1. The van der Waals surface area contributed by atoms with E-state index in [0.717, 1.165) is 25.1 Å². The Kier molecular flexibility index (Phi) is 4.66. The molecule has 0 aliphatic carbocycles. The van der Waals surface area contributed by atoms with E-state index in [1.165, 1.54) is 7.11 Å². The van der Waals surface area contributed by atoms with Gasteiger partial charge in [-0.2, -0.15) is 0 Å². The van der Waals surface area contributed by atoms with Gasteiger partial charge in [-0.3, -0.25) is 0 Å². The van der Waals surface area contributed by atoms with E-state index in [-0.39, 0.29) is 6.10 Å². The summed E-state index contributed by atoms with van der Waals surface area (Å²) >= 11 is 5.96. The van der Waals surface area contributed by atoms with Gasteiger partial charge in [-0.25, -0.2) is 4.79 Å². The van der Waals surface area contributed by atoms with Crippen LogP contribution in [0.3, 0.4) is 0 Å². The summed E-state index contributed by atoms with van der Waals surface area (Å²) in [6, 6.07) is 5.23. The lowest BCUT2D eigenvalue weighted by atomic mass is 10.2. The third kappa shape index (κ3) is 3.61. The fraction of sp³-hybridized carbons (Fsp3) is 0.500. The minimum Gasteiger partial charge on any atom is -0.465 e. The fourth-order valence-electron chi connectivity index (χ4n) is 2.17. The summed E-state index contributed by atoms with van der Waals surface area (Å²) in [6.45, 7) is 2.81. The van der Waals surface area contributed by atoms with E-state index in [4.69, 9.17) is 16.3 Å². The molecule has 1 heterocycles. The number of hydrogen-bond donors (Lipinski definition) is 1. The van der Waals surface area contributed by atoms with Gasteiger partial charge < -0.3 is 14.8 Å². The van der Waals surface area contributed by atoms with Crippen molar-refractivity contribution in [2.45, 2.75) is 32.0 Å². The number of hydrogen-bond acceptors (Lipinski definition) is 4. The van der Waals surface area contributed by atoms with Gasteiger partial charge >= 0.3 is 5.97 Å². The molecule has 1 saturated heterocycles. The Labute approximate surface area is 118 Å². The van der Waals surface area contributed by atoms with Gasteiger partial charge in [0.25, 0.3) is 0 Å². The molecule has 2 unspecified atom stereocenters. The van der Waals surface area contributed by atoms with Crippen LogP contribution in [0.4, 0.5) is 5.69 Å². The van der Waals surface area contributed by atoms with E-state index in [1.807, 2.05) is 6.07 Å². The van der Waals surface area contributed by atoms with Crippen LogP contribution in [-0.2, 0) is 9.47 Å². The molecule has 19 heavy (non-hydrogen) atoms. The number of carbonyl (C=O) groups excluding carboxylic acids is 1. The topological polar surface area (TPSA) is 47.6 Å². The zero-order valence-corrected chi connectivity index (χ0v) is 11.9. The summed E-state index contributed by atoms with van der Waals surface area (Å²) in [7, 11) is 1.34. The number of halogens is 1. The van der Waals surface area contributed by atoms with E-state index in [2.05, 4.69) is 17.0 Å². The van der Waals surface area contributed by atoms with E-state index in [0.29, 0.717) is 16.7 Å². The second-order valence-corrected chi connectivity index (χ2v) is 5.12. The molecule has 0 radical (unpaired) electrons. The standard InChI is InChI=1S/C14H18ClNO3/c1-9-3-5-11(19-9)8-16-10-4-6-13(15)12(7-10)14(17)18-2/h4,6-7,9,11,16H,3,5,8H2,1-2H3. The lowest BCUT2D eigenvalue weighted by Crippen LogP contribution is -2.19. The van der Waals surface area contributed by atoms with Crippen LogP contribution < -0.4 is 5.32 Å². The minimum absolute atomic E-state index is 0.229. The van der Waals surface area contributed by atoms with Crippen molar-refractivity contribution in [2.24, 2.45) is 0 Å². The van der Waals surface area contributed by atoms with Gasteiger partial charge in [0.15, 0.2) is 0 Å². The van der Waals surface area contributed by atoms with Crippen molar-refractivity contribution in [1.82, 2.24) is 0 Å². The van der Waals surface area contributed by atoms with E-state index >= 15 is 0 Å². The first-order valence-electron chi connectivity index (χ1n) is 6.37. The van der Waals surface area contributed by atoms with Crippen LogP contribution in [0.15, 0.2) is 18.2 Å². The van der Waals surface area contributed by atoms with Gasteiger partial charge in [-0.05, 0) is 38.0 Å². The van der Waals surface area contributed by atoms with Crippen molar-refractivity contribution in [3.63, 3.8) is 0 Å². The normalized spacial score (nSPS) is 22.3. The first-order valence-corrected chi connectivity index (χ1v) is 6.75. The zero-order valence-electron chi connectivity index (χ0n) is 11.1. The van der Waals surface area contributed by atoms with Crippen molar-refractivity contribution in [3.05, 3.63) is 28.8 Å². The number of esters is 1. The van der Waals surface area contributed by atoms with Crippen LogP contribution in [0, 0.1) is 0 Å². The molecule has 1 aliphatic rings. The summed E-state index contributed by atoms with van der Waals surface area (Å²) in [5.41, 5.74) is 1.21. The largest absolute Gasteiger partial charge is 0.465 e. The Morgan fingerprint density at radius 1 is 1.53 bits per heavy atom. The molecule has 1 aromatic carbocycles. The van der Waals surface area contributed by atoms with E-state index < -0.39 is 5.97 Å². The predicted molar refractivity (Wildman–Crippen MR) is 74.9 cm³/mol. The Morgan fingerprint density at radius 2 is 2.32 bits per heavy atom. The third-order valence-electron chi connectivity index (χ3n) is 3.23. The Morgan fingerprint density at radius 3 is 2.95 bits per heavy atom. The molecule has 1 N–H and O–H groups in total. The van der Waals surface area contributed by atoms with Crippen LogP contribution in [-0.4, -0.2) is 31.8 Å². The molecule has 104 valence electrons. The smallest absolute Gasteiger partial charge is 0.339 e. The first kappa shape index (κ1) is 14.2. The molecule has 0 aromatic heterocycles. The maximum absolute atomic E-state index is 11.5. The molecule has 0 amide bonds. The molecule has 1 aliphatic heterocycles. The molecule has 2 atom stereocenters. The van der Waals surface area contributed by atoms with E-state index in [9.17, 15) is 4.79 Å². The van der Waals surface area contributed by atoms with Crippen molar-refractivity contribution in [1.29, 1.82) is 0 Å².